The van der Waals surface area contributed by atoms with E-state index in [1.54, 1.807) is 13.0 Å². The van der Waals surface area contributed by atoms with Gasteiger partial charge in [0.25, 0.3) is 0 Å². The van der Waals surface area contributed by atoms with Crippen molar-refractivity contribution < 1.29 is 14.8 Å². The second kappa shape index (κ2) is 8.31. The zero-order valence-corrected chi connectivity index (χ0v) is 14.1. The highest BCUT2D eigenvalue weighted by Crippen LogP contribution is 2.37. The minimum atomic E-state index is -0.843. The summed E-state index contributed by atoms with van der Waals surface area (Å²) >= 11 is 3.22. The van der Waals surface area contributed by atoms with Gasteiger partial charge < -0.3 is 14.7 Å². The largest absolute Gasteiger partial charge is 0.485 e. The van der Waals surface area contributed by atoms with Crippen LogP contribution in [0, 0.1) is 10.1 Å². The second-order valence-corrected chi connectivity index (χ2v) is 5.57. The van der Waals surface area contributed by atoms with E-state index in [0.29, 0.717) is 23.2 Å². The Morgan fingerprint density at radius 1 is 1.43 bits per heavy atom. The van der Waals surface area contributed by atoms with E-state index in [4.69, 9.17) is 4.74 Å². The number of nitro groups is 1. The van der Waals surface area contributed by atoms with Crippen LogP contribution in [-0.4, -0.2) is 41.2 Å². The molecule has 1 aromatic rings. The molecule has 0 saturated carbocycles. The number of nitrogens with zero attached hydrogens (tertiary/aromatic N) is 2. The van der Waals surface area contributed by atoms with Gasteiger partial charge in [0.05, 0.1) is 11.0 Å². The van der Waals surface area contributed by atoms with Crippen LogP contribution in [0.15, 0.2) is 16.6 Å². The van der Waals surface area contributed by atoms with Gasteiger partial charge in [0.15, 0.2) is 0 Å². The van der Waals surface area contributed by atoms with E-state index in [1.807, 2.05) is 13.8 Å². The number of likely N-dealkylation sites (N-methyl/N-ethyl adjacent to an activating group) is 1. The third-order valence-corrected chi connectivity index (χ3v) is 3.72. The first-order valence-electron chi connectivity index (χ1n) is 6.91. The molecule has 0 spiro atoms. The summed E-state index contributed by atoms with van der Waals surface area (Å²) in [4.78, 5) is 12.8. The summed E-state index contributed by atoms with van der Waals surface area (Å²) in [7, 11) is 0. The van der Waals surface area contributed by atoms with E-state index in [0.717, 1.165) is 13.1 Å². The molecular weight excluding hydrogens is 340 g/mol. The first-order chi connectivity index (χ1) is 9.90. The molecule has 0 aliphatic carbocycles. The monoisotopic (exact) mass is 360 g/mol. The molecule has 0 aliphatic heterocycles. The lowest BCUT2D eigenvalue weighted by molar-refractivity contribution is -0.386. The third kappa shape index (κ3) is 4.94. The zero-order chi connectivity index (χ0) is 16.0. The predicted octanol–water partition coefficient (Wildman–Crippen LogP) is 3.13. The Labute approximate surface area is 133 Å². The number of halogens is 1. The average Bonchev–Trinajstić information content (AvgIpc) is 2.43. The first kappa shape index (κ1) is 17.9. The highest BCUT2D eigenvalue weighted by atomic mass is 79.9. The molecule has 1 atom stereocenters. The minimum absolute atomic E-state index is 0.139. The van der Waals surface area contributed by atoms with Crippen LogP contribution in [0.3, 0.4) is 0 Å². The van der Waals surface area contributed by atoms with E-state index in [2.05, 4.69) is 20.8 Å². The Balaban J connectivity index is 3.00. The molecule has 0 aromatic heterocycles. The van der Waals surface area contributed by atoms with Crippen molar-refractivity contribution in [2.45, 2.75) is 26.9 Å². The number of hydrogen-bond acceptors (Lipinski definition) is 5. The summed E-state index contributed by atoms with van der Waals surface area (Å²) in [6.45, 7) is 8.46. The molecule has 7 heteroatoms. The molecule has 6 nitrogen and oxygen atoms in total. The molecule has 0 fully saturated rings. The lowest BCUT2D eigenvalue weighted by atomic mass is 10.1. The van der Waals surface area contributed by atoms with Gasteiger partial charge in [0, 0.05) is 22.6 Å². The Morgan fingerprint density at radius 3 is 2.52 bits per heavy atom. The molecule has 0 aliphatic rings. The quantitative estimate of drug-likeness (QED) is 0.569. The standard InChI is InChI=1S/C14H21BrN2O4/c1-4-16(5-2)6-7-21-14-12(10(3)18)8-11(15)9-13(14)17(19)20/h8-10,18H,4-7H2,1-3H3/t10-/m1/s1. The summed E-state index contributed by atoms with van der Waals surface area (Å²) in [5, 5.41) is 21.0. The van der Waals surface area contributed by atoms with Crippen molar-refractivity contribution in [2.24, 2.45) is 0 Å². The lowest BCUT2D eigenvalue weighted by Gasteiger charge is -2.19. The smallest absolute Gasteiger partial charge is 0.312 e. The van der Waals surface area contributed by atoms with E-state index >= 15 is 0 Å². The molecule has 1 N–H and O–H groups in total. The van der Waals surface area contributed by atoms with Crippen molar-refractivity contribution >= 4 is 21.6 Å². The summed E-state index contributed by atoms with van der Waals surface area (Å²) < 4.78 is 6.16. The van der Waals surface area contributed by atoms with Crippen LogP contribution in [0.4, 0.5) is 5.69 Å². The van der Waals surface area contributed by atoms with Gasteiger partial charge in [-0.25, -0.2) is 0 Å². The van der Waals surface area contributed by atoms with Gasteiger partial charge in [0.2, 0.25) is 5.75 Å². The summed E-state index contributed by atoms with van der Waals surface area (Å²) in [5.74, 6) is 0.144. The number of rotatable bonds is 8. The van der Waals surface area contributed by atoms with Crippen molar-refractivity contribution in [3.8, 4) is 5.75 Å². The second-order valence-electron chi connectivity index (χ2n) is 4.65. The van der Waals surface area contributed by atoms with Crippen LogP contribution in [-0.2, 0) is 0 Å². The maximum atomic E-state index is 11.2. The molecule has 0 radical (unpaired) electrons. The Kier molecular flexibility index (Phi) is 7.07. The molecule has 21 heavy (non-hydrogen) atoms. The SMILES string of the molecule is CCN(CC)CCOc1c([C@@H](C)O)cc(Br)cc1[N+](=O)[O-]. The van der Waals surface area contributed by atoms with Crippen LogP contribution in [0.25, 0.3) is 0 Å². The average molecular weight is 361 g/mol. The van der Waals surface area contributed by atoms with Gasteiger partial charge in [0.1, 0.15) is 6.61 Å². The Morgan fingerprint density at radius 2 is 2.05 bits per heavy atom. The van der Waals surface area contributed by atoms with Crippen LogP contribution in [0.5, 0.6) is 5.75 Å². The van der Waals surface area contributed by atoms with Crippen LogP contribution in [0.1, 0.15) is 32.4 Å². The molecule has 0 heterocycles. The molecule has 118 valence electrons. The van der Waals surface area contributed by atoms with E-state index in [1.165, 1.54) is 6.07 Å². The number of benzene rings is 1. The van der Waals surface area contributed by atoms with Crippen molar-refractivity contribution in [1.82, 2.24) is 4.90 Å². The fourth-order valence-electron chi connectivity index (χ4n) is 2.02. The minimum Gasteiger partial charge on any atom is -0.485 e. The van der Waals surface area contributed by atoms with Crippen LogP contribution >= 0.6 is 15.9 Å². The highest BCUT2D eigenvalue weighted by molar-refractivity contribution is 9.10. The summed E-state index contributed by atoms with van der Waals surface area (Å²) in [6, 6.07) is 3.03. The topological polar surface area (TPSA) is 75.8 Å². The molecule has 0 unspecified atom stereocenters. The maximum Gasteiger partial charge on any atom is 0.312 e. The van der Waals surface area contributed by atoms with Crippen molar-refractivity contribution in [3.63, 3.8) is 0 Å². The Hall–Kier alpha value is -1.18. The van der Waals surface area contributed by atoms with Gasteiger partial charge in [-0.1, -0.05) is 29.8 Å². The highest BCUT2D eigenvalue weighted by Gasteiger charge is 2.23. The van der Waals surface area contributed by atoms with Gasteiger partial charge in [-0.3, -0.25) is 10.1 Å². The third-order valence-electron chi connectivity index (χ3n) is 3.26. The molecule has 0 amide bonds. The fourth-order valence-corrected chi connectivity index (χ4v) is 2.48. The number of nitro benzene ring substituents is 1. The maximum absolute atomic E-state index is 11.2. The zero-order valence-electron chi connectivity index (χ0n) is 12.5. The molecule has 1 rings (SSSR count). The molecule has 1 aromatic carbocycles. The van der Waals surface area contributed by atoms with Gasteiger partial charge in [-0.15, -0.1) is 0 Å². The number of ether oxygens (including phenoxy) is 1. The predicted molar refractivity (Wildman–Crippen MR) is 84.7 cm³/mol. The van der Waals surface area contributed by atoms with Crippen molar-refractivity contribution in [3.05, 3.63) is 32.3 Å². The lowest BCUT2D eigenvalue weighted by Crippen LogP contribution is -2.28. The summed E-state index contributed by atoms with van der Waals surface area (Å²) in [5.41, 5.74) is 0.274. The number of aliphatic hydroxyl groups is 1. The van der Waals surface area contributed by atoms with E-state index < -0.39 is 11.0 Å². The van der Waals surface area contributed by atoms with Gasteiger partial charge in [-0.2, -0.15) is 0 Å². The number of aliphatic hydroxyl groups excluding tert-OH is 1. The normalized spacial score (nSPS) is 12.5. The summed E-state index contributed by atoms with van der Waals surface area (Å²) in [6.07, 6.45) is -0.843. The van der Waals surface area contributed by atoms with Crippen LogP contribution in [0.2, 0.25) is 0 Å². The molecule has 0 saturated heterocycles. The van der Waals surface area contributed by atoms with E-state index in [-0.39, 0.29) is 11.4 Å². The Bertz CT molecular complexity index is 490. The molecular formula is C14H21BrN2O4. The first-order valence-corrected chi connectivity index (χ1v) is 7.71. The van der Waals surface area contributed by atoms with Crippen LogP contribution < -0.4 is 4.74 Å². The molecule has 0 bridgehead atoms. The number of hydrogen-bond donors (Lipinski definition) is 1. The van der Waals surface area contributed by atoms with Crippen molar-refractivity contribution in [1.29, 1.82) is 0 Å². The van der Waals surface area contributed by atoms with Crippen molar-refractivity contribution in [2.75, 3.05) is 26.2 Å². The van der Waals surface area contributed by atoms with Gasteiger partial charge in [-0.05, 0) is 26.1 Å². The fraction of sp³-hybridized carbons (Fsp3) is 0.571. The van der Waals surface area contributed by atoms with Gasteiger partial charge >= 0.3 is 5.69 Å². The van der Waals surface area contributed by atoms with E-state index in [9.17, 15) is 15.2 Å².